The molecule has 0 atom stereocenters. The first-order chi connectivity index (χ1) is 12.0. The van der Waals surface area contributed by atoms with Crippen molar-refractivity contribution in [1.29, 1.82) is 0 Å². The van der Waals surface area contributed by atoms with Crippen LogP contribution in [0.1, 0.15) is 29.0 Å². The number of hydrogen-bond acceptors (Lipinski definition) is 7. The molecule has 0 spiro atoms. The van der Waals surface area contributed by atoms with E-state index in [1.165, 1.54) is 17.4 Å². The zero-order valence-corrected chi connectivity index (χ0v) is 13.5. The van der Waals surface area contributed by atoms with Gasteiger partial charge in [0.05, 0.1) is 36.9 Å². The molecule has 25 heavy (non-hydrogen) atoms. The molecule has 4 rings (SSSR count). The van der Waals surface area contributed by atoms with Crippen molar-refractivity contribution in [3.05, 3.63) is 54.3 Å². The number of carbonyl (C=O) groups is 1. The van der Waals surface area contributed by atoms with Crippen LogP contribution < -0.4 is 0 Å². The third-order valence-electron chi connectivity index (χ3n) is 3.96. The van der Waals surface area contributed by atoms with E-state index in [-0.39, 0.29) is 11.6 Å². The molecule has 1 amide bonds. The highest BCUT2D eigenvalue weighted by Crippen LogP contribution is 2.22. The van der Waals surface area contributed by atoms with Gasteiger partial charge in [0, 0.05) is 11.9 Å². The summed E-state index contributed by atoms with van der Waals surface area (Å²) in [5.74, 6) is 0.675. The summed E-state index contributed by atoms with van der Waals surface area (Å²) in [5.41, 5.74) is 0.961. The zero-order chi connectivity index (χ0) is 17.4. The molecule has 0 radical (unpaired) electrons. The highest BCUT2D eigenvalue weighted by molar-refractivity contribution is 5.92. The summed E-state index contributed by atoms with van der Waals surface area (Å²) in [6.45, 7) is 2.30. The monoisotopic (exact) mass is 340 g/mol. The molecule has 1 saturated heterocycles. The Morgan fingerprint density at radius 1 is 1.32 bits per heavy atom. The van der Waals surface area contributed by atoms with Crippen LogP contribution in [0.5, 0.6) is 0 Å². The van der Waals surface area contributed by atoms with Crippen LogP contribution in [0.15, 0.2) is 45.9 Å². The van der Waals surface area contributed by atoms with Gasteiger partial charge in [0.25, 0.3) is 5.91 Å². The number of rotatable bonds is 4. The lowest BCUT2D eigenvalue weighted by atomic mass is 9.97. The second kappa shape index (κ2) is 5.82. The minimum absolute atomic E-state index is 0.238. The summed E-state index contributed by atoms with van der Waals surface area (Å²) in [6.07, 6.45) is 6.46. The van der Waals surface area contributed by atoms with E-state index in [9.17, 15) is 9.90 Å². The van der Waals surface area contributed by atoms with Gasteiger partial charge in [-0.05, 0) is 19.1 Å². The summed E-state index contributed by atoms with van der Waals surface area (Å²) >= 11 is 0. The molecule has 0 bridgehead atoms. The molecule has 128 valence electrons. The topological polar surface area (TPSA) is 105 Å². The zero-order valence-electron chi connectivity index (χ0n) is 13.5. The highest BCUT2D eigenvalue weighted by Gasteiger charge is 2.40. The number of β-amino-alcohol motifs (C(OH)–C–C–N with tert-alkyl or cyclic N) is 1. The Kier molecular flexibility index (Phi) is 3.61. The first-order valence-corrected chi connectivity index (χ1v) is 7.81. The summed E-state index contributed by atoms with van der Waals surface area (Å²) in [7, 11) is 0. The molecule has 3 aromatic heterocycles. The lowest BCUT2D eigenvalue weighted by Crippen LogP contribution is -2.61. The SMILES string of the molecule is CC1(O)CN(C(=O)c2coc(Cc3ccc(-c4ncco4)cn3)n2)C1. The minimum Gasteiger partial charge on any atom is -0.448 e. The van der Waals surface area contributed by atoms with E-state index in [1.807, 2.05) is 12.1 Å². The van der Waals surface area contributed by atoms with E-state index in [4.69, 9.17) is 8.83 Å². The van der Waals surface area contributed by atoms with E-state index in [2.05, 4.69) is 15.0 Å². The van der Waals surface area contributed by atoms with Crippen LogP contribution in [-0.2, 0) is 6.42 Å². The molecule has 0 saturated carbocycles. The Hall–Kier alpha value is -3.00. The van der Waals surface area contributed by atoms with E-state index in [0.717, 1.165) is 11.3 Å². The summed E-state index contributed by atoms with van der Waals surface area (Å²) in [6, 6.07) is 3.68. The molecule has 0 aromatic carbocycles. The first-order valence-electron chi connectivity index (χ1n) is 7.81. The van der Waals surface area contributed by atoms with Crippen LogP contribution in [0, 0.1) is 0 Å². The van der Waals surface area contributed by atoms with Gasteiger partial charge in [-0.3, -0.25) is 9.78 Å². The minimum atomic E-state index is -0.809. The van der Waals surface area contributed by atoms with Crippen LogP contribution in [0.3, 0.4) is 0 Å². The van der Waals surface area contributed by atoms with Crippen molar-refractivity contribution in [2.75, 3.05) is 13.1 Å². The fourth-order valence-electron chi connectivity index (χ4n) is 2.75. The molecule has 8 heteroatoms. The Labute approximate surface area is 143 Å². The van der Waals surface area contributed by atoms with E-state index >= 15 is 0 Å². The Balaban J connectivity index is 1.42. The van der Waals surface area contributed by atoms with Gasteiger partial charge in [0.2, 0.25) is 11.8 Å². The van der Waals surface area contributed by atoms with Gasteiger partial charge in [0.1, 0.15) is 12.5 Å². The van der Waals surface area contributed by atoms with Crippen LogP contribution in [0.25, 0.3) is 11.5 Å². The molecule has 0 aliphatic carbocycles. The Morgan fingerprint density at radius 3 is 2.80 bits per heavy atom. The molecule has 0 unspecified atom stereocenters. The van der Waals surface area contributed by atoms with Crippen LogP contribution >= 0.6 is 0 Å². The predicted molar refractivity (Wildman–Crippen MR) is 85.6 cm³/mol. The summed E-state index contributed by atoms with van der Waals surface area (Å²) < 4.78 is 10.6. The van der Waals surface area contributed by atoms with Gasteiger partial charge in [-0.1, -0.05) is 0 Å². The lowest BCUT2D eigenvalue weighted by Gasteiger charge is -2.43. The van der Waals surface area contributed by atoms with Crippen molar-refractivity contribution >= 4 is 5.91 Å². The molecule has 8 nitrogen and oxygen atoms in total. The highest BCUT2D eigenvalue weighted by atomic mass is 16.3. The lowest BCUT2D eigenvalue weighted by molar-refractivity contribution is -0.0670. The number of hydrogen-bond donors (Lipinski definition) is 1. The second-order valence-electron chi connectivity index (χ2n) is 6.34. The Morgan fingerprint density at radius 2 is 2.16 bits per heavy atom. The number of amides is 1. The van der Waals surface area contributed by atoms with Gasteiger partial charge >= 0.3 is 0 Å². The van der Waals surface area contributed by atoms with Crippen molar-refractivity contribution < 1.29 is 18.7 Å². The molecule has 1 aliphatic rings. The molecule has 1 N–H and O–H groups in total. The van der Waals surface area contributed by atoms with Crippen molar-refractivity contribution in [2.45, 2.75) is 18.9 Å². The maximum Gasteiger partial charge on any atom is 0.276 e. The summed E-state index contributed by atoms with van der Waals surface area (Å²) in [5, 5.41) is 9.71. The number of likely N-dealkylation sites (tertiary alicyclic amines) is 1. The largest absolute Gasteiger partial charge is 0.448 e. The van der Waals surface area contributed by atoms with Crippen LogP contribution in [0.2, 0.25) is 0 Å². The maximum atomic E-state index is 12.2. The number of aliphatic hydroxyl groups is 1. The standard InChI is InChI=1S/C17H16N4O4/c1-17(23)9-21(10-17)16(22)13-8-25-14(20-13)6-12-3-2-11(7-19-12)15-18-4-5-24-15/h2-5,7-8,23H,6,9-10H2,1H3. The number of oxazole rings is 2. The van der Waals surface area contributed by atoms with Gasteiger partial charge in [-0.2, -0.15) is 0 Å². The number of carbonyl (C=O) groups excluding carboxylic acids is 1. The molecule has 4 heterocycles. The van der Waals surface area contributed by atoms with Crippen LogP contribution in [0.4, 0.5) is 0 Å². The first kappa shape index (κ1) is 15.5. The number of pyridine rings is 1. The van der Waals surface area contributed by atoms with Crippen molar-refractivity contribution in [2.24, 2.45) is 0 Å². The smallest absolute Gasteiger partial charge is 0.276 e. The number of aromatic nitrogens is 3. The number of nitrogens with zero attached hydrogens (tertiary/aromatic N) is 4. The predicted octanol–water partition coefficient (Wildman–Crippen LogP) is 1.52. The van der Waals surface area contributed by atoms with Gasteiger partial charge in [-0.15, -0.1) is 0 Å². The fraction of sp³-hybridized carbons (Fsp3) is 0.294. The molecule has 1 aliphatic heterocycles. The molecule has 3 aromatic rings. The second-order valence-corrected chi connectivity index (χ2v) is 6.34. The normalized spacial score (nSPS) is 15.8. The molecular weight excluding hydrogens is 324 g/mol. The van der Waals surface area contributed by atoms with Gasteiger partial charge in [0.15, 0.2) is 5.69 Å². The fourth-order valence-corrected chi connectivity index (χ4v) is 2.75. The summed E-state index contributed by atoms with van der Waals surface area (Å²) in [4.78, 5) is 26.4. The van der Waals surface area contributed by atoms with E-state index in [1.54, 1.807) is 19.3 Å². The maximum absolute atomic E-state index is 12.2. The van der Waals surface area contributed by atoms with Crippen molar-refractivity contribution in [1.82, 2.24) is 19.9 Å². The van der Waals surface area contributed by atoms with Crippen molar-refractivity contribution in [3.8, 4) is 11.5 Å². The average molecular weight is 340 g/mol. The average Bonchev–Trinajstić information content (AvgIpc) is 3.24. The third-order valence-corrected chi connectivity index (χ3v) is 3.96. The van der Waals surface area contributed by atoms with Gasteiger partial charge in [-0.25, -0.2) is 9.97 Å². The molecule has 1 fully saturated rings. The van der Waals surface area contributed by atoms with Gasteiger partial charge < -0.3 is 18.8 Å². The van der Waals surface area contributed by atoms with Crippen LogP contribution in [-0.4, -0.2) is 49.6 Å². The van der Waals surface area contributed by atoms with E-state index < -0.39 is 5.60 Å². The Bertz CT molecular complexity index is 876. The molecular formula is C17H16N4O4. The van der Waals surface area contributed by atoms with E-state index in [0.29, 0.717) is 31.3 Å². The quantitative estimate of drug-likeness (QED) is 0.767. The third kappa shape index (κ3) is 3.16. The van der Waals surface area contributed by atoms with Crippen molar-refractivity contribution in [3.63, 3.8) is 0 Å².